The number of hydrogen-bond donors (Lipinski definition) is 1. The van der Waals surface area contributed by atoms with Gasteiger partial charge in [-0.3, -0.25) is 9.89 Å². The van der Waals surface area contributed by atoms with Gasteiger partial charge in [-0.05, 0) is 25.3 Å². The van der Waals surface area contributed by atoms with E-state index < -0.39 is 0 Å². The Hall–Kier alpha value is -0.750. The maximum absolute atomic E-state index is 5.73. The van der Waals surface area contributed by atoms with E-state index >= 15 is 0 Å². The lowest BCUT2D eigenvalue weighted by atomic mass is 10.1. The van der Waals surface area contributed by atoms with Gasteiger partial charge >= 0.3 is 0 Å². The van der Waals surface area contributed by atoms with Crippen molar-refractivity contribution in [2.75, 3.05) is 40.3 Å². The Labute approximate surface area is 193 Å². The molecule has 0 bridgehead atoms. The average Bonchev–Trinajstić information content (AvgIpc) is 3.31. The molecule has 28 heavy (non-hydrogen) atoms. The first-order valence-electron chi connectivity index (χ1n) is 9.28. The third-order valence-corrected chi connectivity index (χ3v) is 6.47. The van der Waals surface area contributed by atoms with Crippen molar-refractivity contribution in [3.05, 3.63) is 38.5 Å². The van der Waals surface area contributed by atoms with E-state index in [1.54, 1.807) is 11.3 Å². The number of guanidine groups is 1. The normalized spacial score (nSPS) is 19.1. The van der Waals surface area contributed by atoms with E-state index in [2.05, 4.69) is 62.0 Å². The zero-order chi connectivity index (χ0) is 19.2. The average molecular weight is 536 g/mol. The molecule has 0 amide bonds. The summed E-state index contributed by atoms with van der Waals surface area (Å²) in [5.41, 5.74) is 1.08. The highest BCUT2D eigenvalue weighted by atomic mass is 127. The number of halogens is 1. The summed E-state index contributed by atoms with van der Waals surface area (Å²) in [6.45, 7) is 8.46. The van der Waals surface area contributed by atoms with Crippen LogP contribution in [0.1, 0.15) is 28.5 Å². The van der Waals surface area contributed by atoms with Gasteiger partial charge < -0.3 is 15.0 Å². The summed E-state index contributed by atoms with van der Waals surface area (Å²) in [4.78, 5) is 15.1. The quantitative estimate of drug-likeness (QED) is 0.348. The predicted molar refractivity (Wildman–Crippen MR) is 129 cm³/mol. The molecule has 3 rings (SSSR count). The number of thiazole rings is 1. The smallest absolute Gasteiger partial charge is 0.193 e. The van der Waals surface area contributed by atoms with E-state index in [0.717, 1.165) is 49.4 Å². The lowest BCUT2D eigenvalue weighted by Crippen LogP contribution is -2.48. The van der Waals surface area contributed by atoms with Crippen molar-refractivity contribution < 1.29 is 4.74 Å². The number of nitrogens with zero attached hydrogens (tertiary/aromatic N) is 4. The molecule has 1 fully saturated rings. The van der Waals surface area contributed by atoms with Gasteiger partial charge in [-0.1, -0.05) is 6.07 Å². The first-order valence-corrected chi connectivity index (χ1v) is 11.0. The van der Waals surface area contributed by atoms with Crippen LogP contribution in [0.5, 0.6) is 0 Å². The van der Waals surface area contributed by atoms with Crippen LogP contribution in [0, 0.1) is 6.92 Å². The molecule has 2 atom stereocenters. The predicted octanol–water partition coefficient (Wildman–Crippen LogP) is 3.60. The molecule has 9 heteroatoms. The molecule has 1 saturated heterocycles. The standard InChI is InChI=1S/C19H29N5OS2.HI/c1-14-11-24(7-8-25-14)17(18-6-5-9-26-18)10-21-19(20-3)23(4)12-16-13-27-15(2)22-16;/h5-6,9,13-14,17H,7-8,10-12H2,1-4H3,(H,20,21);1H. The fraction of sp³-hybridized carbons (Fsp3) is 0.579. The fourth-order valence-electron chi connectivity index (χ4n) is 3.39. The zero-order valence-electron chi connectivity index (χ0n) is 16.9. The molecule has 156 valence electrons. The Kier molecular flexibility index (Phi) is 9.61. The van der Waals surface area contributed by atoms with Gasteiger partial charge in [0.1, 0.15) is 0 Å². The Bertz CT molecular complexity index is 737. The summed E-state index contributed by atoms with van der Waals surface area (Å²) in [5.74, 6) is 0.892. The van der Waals surface area contributed by atoms with Crippen LogP contribution < -0.4 is 5.32 Å². The van der Waals surface area contributed by atoms with E-state index in [1.165, 1.54) is 4.88 Å². The summed E-state index contributed by atoms with van der Waals surface area (Å²) in [5, 5.41) is 8.93. The van der Waals surface area contributed by atoms with Gasteiger partial charge in [-0.15, -0.1) is 46.7 Å². The van der Waals surface area contributed by atoms with Crippen molar-refractivity contribution in [3.63, 3.8) is 0 Å². The van der Waals surface area contributed by atoms with Gasteiger partial charge in [0.25, 0.3) is 0 Å². The van der Waals surface area contributed by atoms with Crippen LogP contribution in [0.2, 0.25) is 0 Å². The molecule has 1 aliphatic rings. The van der Waals surface area contributed by atoms with Crippen LogP contribution in [-0.2, 0) is 11.3 Å². The Balaban J connectivity index is 0.00000280. The molecule has 0 aromatic carbocycles. The van der Waals surface area contributed by atoms with Crippen LogP contribution in [0.15, 0.2) is 27.9 Å². The van der Waals surface area contributed by atoms with Crippen molar-refractivity contribution in [1.82, 2.24) is 20.1 Å². The largest absolute Gasteiger partial charge is 0.376 e. The van der Waals surface area contributed by atoms with Crippen LogP contribution in [0.4, 0.5) is 0 Å². The Morgan fingerprint density at radius 3 is 2.93 bits per heavy atom. The fourth-order valence-corrected chi connectivity index (χ4v) is 4.86. The van der Waals surface area contributed by atoms with Crippen molar-refractivity contribution in [2.24, 2.45) is 4.99 Å². The lowest BCUT2D eigenvalue weighted by Gasteiger charge is -2.37. The molecule has 2 unspecified atom stereocenters. The van der Waals surface area contributed by atoms with Crippen LogP contribution in [0.25, 0.3) is 0 Å². The molecule has 3 heterocycles. The number of aromatic nitrogens is 1. The number of aryl methyl sites for hydroxylation is 1. The maximum Gasteiger partial charge on any atom is 0.193 e. The SMILES string of the molecule is CN=C(NCC(c1cccs1)N1CCOC(C)C1)N(C)Cc1csc(C)n1.I. The number of rotatable bonds is 6. The topological polar surface area (TPSA) is 53.0 Å². The summed E-state index contributed by atoms with van der Waals surface area (Å²) in [6.07, 6.45) is 0.274. The second kappa shape index (κ2) is 11.4. The monoisotopic (exact) mass is 535 g/mol. The highest BCUT2D eigenvalue weighted by Gasteiger charge is 2.26. The second-order valence-corrected chi connectivity index (χ2v) is 8.89. The minimum Gasteiger partial charge on any atom is -0.376 e. The molecule has 0 aliphatic carbocycles. The van der Waals surface area contributed by atoms with Crippen molar-refractivity contribution >= 4 is 52.6 Å². The highest BCUT2D eigenvalue weighted by molar-refractivity contribution is 14.0. The lowest BCUT2D eigenvalue weighted by molar-refractivity contribution is -0.0334. The van der Waals surface area contributed by atoms with Crippen LogP contribution >= 0.6 is 46.7 Å². The van der Waals surface area contributed by atoms with Crippen LogP contribution in [0.3, 0.4) is 0 Å². The number of ether oxygens (including phenoxy) is 1. The molecule has 0 saturated carbocycles. The summed E-state index contributed by atoms with van der Waals surface area (Å²) >= 11 is 3.50. The van der Waals surface area contributed by atoms with Gasteiger partial charge in [0.15, 0.2) is 5.96 Å². The first-order chi connectivity index (χ1) is 13.1. The van der Waals surface area contributed by atoms with Crippen molar-refractivity contribution in [2.45, 2.75) is 32.5 Å². The van der Waals surface area contributed by atoms with Gasteiger partial charge in [0.2, 0.25) is 0 Å². The molecule has 1 N–H and O–H groups in total. The number of thiophene rings is 1. The van der Waals surface area contributed by atoms with Crippen LogP contribution in [-0.4, -0.2) is 67.2 Å². The molecule has 0 spiro atoms. The summed E-state index contributed by atoms with van der Waals surface area (Å²) in [7, 11) is 3.89. The van der Waals surface area contributed by atoms with Crippen molar-refractivity contribution in [3.8, 4) is 0 Å². The summed E-state index contributed by atoms with van der Waals surface area (Å²) in [6, 6.07) is 4.67. The number of nitrogens with one attached hydrogen (secondary N) is 1. The van der Waals surface area contributed by atoms with E-state index in [1.807, 2.05) is 25.3 Å². The number of aliphatic imine (C=N–C) groups is 1. The van der Waals surface area contributed by atoms with Gasteiger partial charge in [0.05, 0.1) is 36.0 Å². The second-order valence-electron chi connectivity index (χ2n) is 6.85. The minimum atomic E-state index is 0. The van der Waals surface area contributed by atoms with E-state index in [9.17, 15) is 0 Å². The minimum absolute atomic E-state index is 0. The Morgan fingerprint density at radius 2 is 2.32 bits per heavy atom. The van der Waals surface area contributed by atoms with E-state index in [-0.39, 0.29) is 30.1 Å². The Morgan fingerprint density at radius 1 is 1.50 bits per heavy atom. The van der Waals surface area contributed by atoms with Gasteiger partial charge in [-0.2, -0.15) is 0 Å². The van der Waals surface area contributed by atoms with E-state index in [0.29, 0.717) is 6.04 Å². The zero-order valence-corrected chi connectivity index (χ0v) is 20.9. The van der Waals surface area contributed by atoms with Crippen molar-refractivity contribution in [1.29, 1.82) is 0 Å². The molecule has 2 aromatic heterocycles. The van der Waals surface area contributed by atoms with E-state index in [4.69, 9.17) is 4.74 Å². The molecule has 0 radical (unpaired) electrons. The first kappa shape index (κ1) is 23.5. The third-order valence-electron chi connectivity index (χ3n) is 4.68. The number of morpholine rings is 1. The highest BCUT2D eigenvalue weighted by Crippen LogP contribution is 2.26. The molecular weight excluding hydrogens is 505 g/mol. The molecule has 6 nitrogen and oxygen atoms in total. The molecular formula is C19H30IN5OS2. The van der Waals surface area contributed by atoms with Gasteiger partial charge in [0, 0.05) is 44.0 Å². The summed E-state index contributed by atoms with van der Waals surface area (Å²) < 4.78 is 5.73. The molecule has 2 aromatic rings. The number of hydrogen-bond acceptors (Lipinski definition) is 6. The maximum atomic E-state index is 5.73. The van der Waals surface area contributed by atoms with Gasteiger partial charge in [-0.25, -0.2) is 4.98 Å². The third kappa shape index (κ3) is 6.38. The molecule has 1 aliphatic heterocycles.